The van der Waals surface area contributed by atoms with Gasteiger partial charge in [0.2, 0.25) is 0 Å². The molecule has 0 amide bonds. The summed E-state index contributed by atoms with van der Waals surface area (Å²) in [7, 11) is 0. The zero-order valence-corrected chi connectivity index (χ0v) is 7.70. The number of hydrogen-bond acceptors (Lipinski definition) is 2. The standard InChI is InChI=1S/C9H11ClN2/c1-2-9(10)12-11-8-6-4-3-5-7-8/h3-7,9H,2H2,1H3. The molecule has 12 heavy (non-hydrogen) atoms. The normalized spacial score (nSPS) is 13.5. The zero-order valence-electron chi connectivity index (χ0n) is 6.94. The van der Waals surface area contributed by atoms with Crippen LogP contribution in [0.25, 0.3) is 0 Å². The second-order valence-corrected chi connectivity index (χ2v) is 2.90. The molecule has 64 valence electrons. The maximum Gasteiger partial charge on any atom is 0.144 e. The van der Waals surface area contributed by atoms with Gasteiger partial charge in [0.1, 0.15) is 5.50 Å². The van der Waals surface area contributed by atoms with E-state index in [1.165, 1.54) is 0 Å². The fraction of sp³-hybridized carbons (Fsp3) is 0.333. The van der Waals surface area contributed by atoms with E-state index in [1.54, 1.807) is 0 Å². The lowest BCUT2D eigenvalue weighted by molar-refractivity contribution is 0.808. The van der Waals surface area contributed by atoms with Crippen LogP contribution in [-0.4, -0.2) is 5.50 Å². The lowest BCUT2D eigenvalue weighted by Gasteiger charge is -1.95. The van der Waals surface area contributed by atoms with Crippen molar-refractivity contribution < 1.29 is 0 Å². The van der Waals surface area contributed by atoms with Crippen LogP contribution in [0.4, 0.5) is 5.69 Å². The van der Waals surface area contributed by atoms with E-state index in [1.807, 2.05) is 37.3 Å². The van der Waals surface area contributed by atoms with Crippen molar-refractivity contribution >= 4 is 17.3 Å². The van der Waals surface area contributed by atoms with E-state index in [0.717, 1.165) is 12.1 Å². The van der Waals surface area contributed by atoms with Crippen LogP contribution in [0.2, 0.25) is 0 Å². The van der Waals surface area contributed by atoms with Gasteiger partial charge in [-0.2, -0.15) is 10.2 Å². The first-order valence-corrected chi connectivity index (χ1v) is 4.36. The van der Waals surface area contributed by atoms with Gasteiger partial charge in [0.15, 0.2) is 0 Å². The highest BCUT2D eigenvalue weighted by Gasteiger charge is 1.94. The molecule has 1 aromatic carbocycles. The molecule has 0 spiro atoms. The first kappa shape index (κ1) is 9.20. The van der Waals surface area contributed by atoms with Crippen molar-refractivity contribution in [2.45, 2.75) is 18.8 Å². The van der Waals surface area contributed by atoms with Crippen molar-refractivity contribution in [2.24, 2.45) is 10.2 Å². The fourth-order valence-corrected chi connectivity index (χ4v) is 0.749. The van der Waals surface area contributed by atoms with Gasteiger partial charge in [-0.05, 0) is 18.6 Å². The first-order valence-electron chi connectivity index (χ1n) is 3.93. The van der Waals surface area contributed by atoms with Crippen LogP contribution in [0, 0.1) is 0 Å². The summed E-state index contributed by atoms with van der Waals surface area (Å²) >= 11 is 5.75. The van der Waals surface area contributed by atoms with E-state index in [9.17, 15) is 0 Å². The molecule has 1 rings (SSSR count). The molecular formula is C9H11ClN2. The Morgan fingerprint density at radius 1 is 1.33 bits per heavy atom. The Kier molecular flexibility index (Phi) is 3.74. The highest BCUT2D eigenvalue weighted by molar-refractivity contribution is 6.20. The maximum atomic E-state index is 5.75. The van der Waals surface area contributed by atoms with Gasteiger partial charge in [0, 0.05) is 0 Å². The van der Waals surface area contributed by atoms with Gasteiger partial charge >= 0.3 is 0 Å². The number of hydrogen-bond donors (Lipinski definition) is 0. The zero-order chi connectivity index (χ0) is 8.81. The molecule has 0 aliphatic rings. The lowest BCUT2D eigenvalue weighted by atomic mass is 10.3. The third kappa shape index (κ3) is 3.01. The molecule has 0 radical (unpaired) electrons. The Labute approximate surface area is 77.3 Å². The number of alkyl halides is 1. The summed E-state index contributed by atoms with van der Waals surface area (Å²) in [6.45, 7) is 1.97. The molecule has 0 aliphatic heterocycles. The highest BCUT2D eigenvalue weighted by Crippen LogP contribution is 2.13. The van der Waals surface area contributed by atoms with E-state index < -0.39 is 0 Å². The first-order chi connectivity index (χ1) is 5.83. The molecule has 1 atom stereocenters. The number of benzene rings is 1. The molecular weight excluding hydrogens is 172 g/mol. The molecule has 1 unspecified atom stereocenters. The predicted molar refractivity (Wildman–Crippen MR) is 50.9 cm³/mol. The van der Waals surface area contributed by atoms with Gasteiger partial charge < -0.3 is 0 Å². The van der Waals surface area contributed by atoms with Crippen molar-refractivity contribution in [2.75, 3.05) is 0 Å². The molecule has 0 fully saturated rings. The minimum Gasteiger partial charge on any atom is -0.169 e. The van der Waals surface area contributed by atoms with E-state index in [0.29, 0.717) is 0 Å². The topological polar surface area (TPSA) is 24.7 Å². The van der Waals surface area contributed by atoms with Gasteiger partial charge in [-0.15, -0.1) is 0 Å². The molecule has 0 saturated carbocycles. The van der Waals surface area contributed by atoms with Crippen LogP contribution in [0.3, 0.4) is 0 Å². The van der Waals surface area contributed by atoms with Crippen LogP contribution in [-0.2, 0) is 0 Å². The Morgan fingerprint density at radius 2 is 2.00 bits per heavy atom. The van der Waals surface area contributed by atoms with Gasteiger partial charge in [0.25, 0.3) is 0 Å². The summed E-state index contributed by atoms with van der Waals surface area (Å²) in [5, 5.41) is 7.87. The summed E-state index contributed by atoms with van der Waals surface area (Å²) in [6.07, 6.45) is 0.803. The fourth-order valence-electron chi connectivity index (χ4n) is 0.706. The number of nitrogens with zero attached hydrogens (tertiary/aromatic N) is 2. The Balaban J connectivity index is 2.58. The van der Waals surface area contributed by atoms with Gasteiger partial charge in [0.05, 0.1) is 5.69 Å². The SMILES string of the molecule is CCC(Cl)N=Nc1ccccc1. The van der Waals surface area contributed by atoms with E-state index in [-0.39, 0.29) is 5.50 Å². The quantitative estimate of drug-likeness (QED) is 0.387. The Morgan fingerprint density at radius 3 is 2.58 bits per heavy atom. The minimum atomic E-state index is -0.204. The highest BCUT2D eigenvalue weighted by atomic mass is 35.5. The Bertz CT molecular complexity index is 246. The number of halogens is 1. The van der Waals surface area contributed by atoms with E-state index >= 15 is 0 Å². The van der Waals surface area contributed by atoms with Crippen LogP contribution >= 0.6 is 11.6 Å². The monoisotopic (exact) mass is 182 g/mol. The molecule has 2 nitrogen and oxygen atoms in total. The molecule has 1 aromatic rings. The summed E-state index contributed by atoms with van der Waals surface area (Å²) in [6, 6.07) is 9.57. The largest absolute Gasteiger partial charge is 0.169 e. The van der Waals surface area contributed by atoms with Crippen molar-refractivity contribution in [3.63, 3.8) is 0 Å². The number of azo groups is 1. The smallest absolute Gasteiger partial charge is 0.144 e. The molecule has 3 heteroatoms. The van der Waals surface area contributed by atoms with E-state index in [4.69, 9.17) is 11.6 Å². The second kappa shape index (κ2) is 4.88. The Hall–Kier alpha value is -0.890. The van der Waals surface area contributed by atoms with Crippen molar-refractivity contribution in [3.8, 4) is 0 Å². The van der Waals surface area contributed by atoms with Gasteiger partial charge in [-0.1, -0.05) is 36.7 Å². The van der Waals surface area contributed by atoms with Crippen LogP contribution in [0.1, 0.15) is 13.3 Å². The lowest BCUT2D eigenvalue weighted by Crippen LogP contribution is -1.86. The summed E-state index contributed by atoms with van der Waals surface area (Å²) in [4.78, 5) is 0. The molecule has 0 bridgehead atoms. The van der Waals surface area contributed by atoms with Crippen molar-refractivity contribution in [3.05, 3.63) is 30.3 Å². The summed E-state index contributed by atoms with van der Waals surface area (Å²) in [5.41, 5.74) is 0.641. The van der Waals surface area contributed by atoms with Gasteiger partial charge in [-0.3, -0.25) is 0 Å². The van der Waals surface area contributed by atoms with Crippen LogP contribution < -0.4 is 0 Å². The minimum absolute atomic E-state index is 0.204. The summed E-state index contributed by atoms with van der Waals surface area (Å²) in [5.74, 6) is 0. The van der Waals surface area contributed by atoms with E-state index in [2.05, 4.69) is 10.2 Å². The van der Waals surface area contributed by atoms with Crippen molar-refractivity contribution in [1.82, 2.24) is 0 Å². The maximum absolute atomic E-state index is 5.75. The molecule has 0 aliphatic carbocycles. The average molecular weight is 183 g/mol. The van der Waals surface area contributed by atoms with Gasteiger partial charge in [-0.25, -0.2) is 0 Å². The molecule has 0 heterocycles. The average Bonchev–Trinajstić information content (AvgIpc) is 2.16. The molecule has 0 N–H and O–H groups in total. The molecule has 0 saturated heterocycles. The number of rotatable bonds is 3. The third-order valence-corrected chi connectivity index (χ3v) is 1.79. The van der Waals surface area contributed by atoms with Crippen LogP contribution in [0.15, 0.2) is 40.6 Å². The molecule has 0 aromatic heterocycles. The van der Waals surface area contributed by atoms with Crippen molar-refractivity contribution in [1.29, 1.82) is 0 Å². The predicted octanol–water partition coefficient (Wildman–Crippen LogP) is 3.75. The van der Waals surface area contributed by atoms with Crippen LogP contribution in [0.5, 0.6) is 0 Å². The third-order valence-electron chi connectivity index (χ3n) is 1.39. The second-order valence-electron chi connectivity index (χ2n) is 2.39. The summed E-state index contributed by atoms with van der Waals surface area (Å²) < 4.78 is 0.